The van der Waals surface area contributed by atoms with Crippen molar-refractivity contribution < 1.29 is 62.6 Å². The van der Waals surface area contributed by atoms with Crippen LogP contribution < -0.4 is 59.7 Å². The Bertz CT molecular complexity index is 2550. The number of carbonyl (C=O) groups is 12. The number of benzene rings is 2. The molecule has 0 spiro atoms. The Morgan fingerprint density at radius 2 is 1.44 bits per heavy atom. The molecule has 2 heterocycles. The van der Waals surface area contributed by atoms with Crippen LogP contribution in [-0.4, -0.2) is 149 Å². The number of primary amides is 3. The highest BCUT2D eigenvalue weighted by atomic mass is 16.3. The van der Waals surface area contributed by atoms with Gasteiger partial charge in [0.2, 0.25) is 70.9 Å². The minimum Gasteiger partial charge on any atom is -0.508 e. The van der Waals surface area contributed by atoms with Gasteiger partial charge in [0.25, 0.3) is 0 Å². The van der Waals surface area contributed by atoms with Crippen LogP contribution in [0, 0.1) is 5.92 Å². The van der Waals surface area contributed by atoms with Gasteiger partial charge in [0.05, 0.1) is 26.1 Å². The van der Waals surface area contributed by atoms with Gasteiger partial charge in [-0.2, -0.15) is 0 Å². The lowest BCUT2D eigenvalue weighted by molar-refractivity contribution is -0.140. The van der Waals surface area contributed by atoms with Gasteiger partial charge in [0.1, 0.15) is 42.0 Å². The fraction of sp³-hybridized carbons (Fsp3) is 0.447. The molecule has 12 amide bonds. The van der Waals surface area contributed by atoms with Crippen molar-refractivity contribution in [2.24, 2.45) is 23.1 Å². The van der Waals surface area contributed by atoms with E-state index in [0.29, 0.717) is 17.5 Å². The number of amides is 12. The standard InChI is InChI=1S/C47H63N13O13/c1-4-24(2)41-46(72)56-30(13-15-35(48)62)43(69)58-34(19-36(49)63)44(70)57-31(14-16-38(65)52-22-39(66)54-32(45(71)59-41)17-25-9-11-27(61)12-10-25)47(73)60(3)23-40(67)55-33(42(68)53-21-37(50)64)18-26-20-51-29-8-6-5-7-28(26)29/h5-12,20,24,30-34,41,51,61H,4,13-19,21-23H2,1-3H3,(H2,48,62)(H2,49,63)(H2,50,64)(H,52,65)(H,53,68)(H,54,66)(H,55,67)(H,56,72)(H,57,70)(H,58,69)(H,59,71)/t24-,30-,31-,32-,33-,34-,41-/m0/s1. The molecule has 73 heavy (non-hydrogen) atoms. The molecule has 1 saturated heterocycles. The lowest BCUT2D eigenvalue weighted by Gasteiger charge is -2.29. The number of rotatable bonds is 18. The fourth-order valence-corrected chi connectivity index (χ4v) is 7.68. The van der Waals surface area contributed by atoms with Gasteiger partial charge >= 0.3 is 0 Å². The Labute approximate surface area is 418 Å². The summed E-state index contributed by atoms with van der Waals surface area (Å²) in [5.74, 6) is -11.9. The molecule has 0 aliphatic carbocycles. The number of nitrogens with zero attached hydrogens (tertiary/aromatic N) is 1. The largest absolute Gasteiger partial charge is 0.508 e. The predicted octanol–water partition coefficient (Wildman–Crippen LogP) is -4.28. The molecule has 16 N–H and O–H groups in total. The number of H-pyrrole nitrogens is 1. The first-order chi connectivity index (χ1) is 34.5. The van der Waals surface area contributed by atoms with Gasteiger partial charge in [-0.1, -0.05) is 50.6 Å². The number of carbonyl (C=O) groups excluding carboxylic acids is 12. The first-order valence-corrected chi connectivity index (χ1v) is 23.3. The Balaban J connectivity index is 1.66. The second-order valence-electron chi connectivity index (χ2n) is 17.6. The lowest BCUT2D eigenvalue weighted by atomic mass is 9.96. The maximum absolute atomic E-state index is 14.2. The van der Waals surface area contributed by atoms with E-state index in [2.05, 4.69) is 47.5 Å². The van der Waals surface area contributed by atoms with Crippen LogP contribution in [-0.2, 0) is 70.4 Å². The van der Waals surface area contributed by atoms with Crippen molar-refractivity contribution in [2.45, 2.75) is 101 Å². The van der Waals surface area contributed by atoms with Gasteiger partial charge in [-0.15, -0.1) is 0 Å². The molecule has 7 atom stereocenters. The van der Waals surface area contributed by atoms with Crippen molar-refractivity contribution in [3.63, 3.8) is 0 Å². The van der Waals surface area contributed by atoms with Crippen molar-refractivity contribution in [3.05, 3.63) is 65.9 Å². The van der Waals surface area contributed by atoms with Crippen LogP contribution in [0.15, 0.2) is 54.7 Å². The van der Waals surface area contributed by atoms with Crippen molar-refractivity contribution in [1.29, 1.82) is 0 Å². The van der Waals surface area contributed by atoms with Crippen LogP contribution in [0.1, 0.15) is 63.5 Å². The maximum atomic E-state index is 14.2. The van der Waals surface area contributed by atoms with Gasteiger partial charge in [-0.05, 0) is 48.1 Å². The van der Waals surface area contributed by atoms with E-state index >= 15 is 0 Å². The highest BCUT2D eigenvalue weighted by Crippen LogP contribution is 2.20. The lowest BCUT2D eigenvalue weighted by Crippen LogP contribution is -2.61. The summed E-state index contributed by atoms with van der Waals surface area (Å²) in [5.41, 5.74) is 17.9. The number of hydrogen-bond donors (Lipinski definition) is 13. The summed E-state index contributed by atoms with van der Waals surface area (Å²) in [6.45, 7) is 1.35. The smallest absolute Gasteiger partial charge is 0.245 e. The Morgan fingerprint density at radius 1 is 0.781 bits per heavy atom. The highest BCUT2D eigenvalue weighted by molar-refractivity contribution is 5.99. The van der Waals surface area contributed by atoms with Crippen molar-refractivity contribution in [1.82, 2.24) is 52.4 Å². The van der Waals surface area contributed by atoms with Crippen LogP contribution in [0.3, 0.4) is 0 Å². The quantitative estimate of drug-likeness (QED) is 0.0575. The average molecular weight is 1020 g/mol. The normalized spacial score (nSPS) is 20.3. The van der Waals surface area contributed by atoms with Gasteiger partial charge in [-0.3, -0.25) is 57.5 Å². The van der Waals surface area contributed by atoms with Gasteiger partial charge < -0.3 is 74.7 Å². The van der Waals surface area contributed by atoms with Gasteiger partial charge in [0, 0.05) is 49.8 Å². The molecule has 1 fully saturated rings. The molecule has 1 aliphatic rings. The molecule has 0 radical (unpaired) electrons. The minimum absolute atomic E-state index is 0.0748. The molecule has 3 aromatic rings. The Kier molecular flexibility index (Phi) is 21.2. The van der Waals surface area contributed by atoms with E-state index in [1.54, 1.807) is 44.3 Å². The van der Waals surface area contributed by atoms with Crippen LogP contribution in [0.5, 0.6) is 5.75 Å². The molecule has 1 aliphatic heterocycles. The van der Waals surface area contributed by atoms with Crippen molar-refractivity contribution >= 4 is 81.8 Å². The van der Waals surface area contributed by atoms with Crippen LogP contribution >= 0.6 is 0 Å². The number of aromatic hydroxyl groups is 1. The summed E-state index contributed by atoms with van der Waals surface area (Å²) < 4.78 is 0. The molecule has 2 aromatic carbocycles. The van der Waals surface area contributed by atoms with E-state index in [0.717, 1.165) is 15.8 Å². The minimum atomic E-state index is -1.85. The number of nitrogens with one attached hydrogen (secondary N) is 9. The number of aromatic amines is 1. The number of para-hydroxylation sites is 1. The van der Waals surface area contributed by atoms with Crippen molar-refractivity contribution in [3.8, 4) is 5.75 Å². The van der Waals surface area contributed by atoms with E-state index in [-0.39, 0.29) is 18.6 Å². The molecular formula is C47H63N13O13. The number of aromatic nitrogens is 1. The number of phenols is 1. The molecule has 26 heteroatoms. The van der Waals surface area contributed by atoms with Gasteiger partial charge in [0.15, 0.2) is 0 Å². The van der Waals surface area contributed by atoms with Crippen LogP contribution in [0.2, 0.25) is 0 Å². The molecule has 394 valence electrons. The van der Waals surface area contributed by atoms with E-state index in [1.165, 1.54) is 31.3 Å². The van der Waals surface area contributed by atoms with Crippen molar-refractivity contribution in [2.75, 3.05) is 26.7 Å². The highest BCUT2D eigenvalue weighted by Gasteiger charge is 2.36. The van der Waals surface area contributed by atoms with Gasteiger partial charge in [-0.25, -0.2) is 0 Å². The van der Waals surface area contributed by atoms with E-state index < -0.39 is 165 Å². The average Bonchev–Trinajstić information content (AvgIpc) is 3.75. The van der Waals surface area contributed by atoms with E-state index in [9.17, 15) is 62.6 Å². The summed E-state index contributed by atoms with van der Waals surface area (Å²) in [7, 11) is 1.17. The molecule has 0 unspecified atom stereocenters. The summed E-state index contributed by atoms with van der Waals surface area (Å²) in [5, 5.41) is 30.2. The molecule has 1 aromatic heterocycles. The molecule has 0 saturated carbocycles. The first-order valence-electron chi connectivity index (χ1n) is 23.3. The second kappa shape index (κ2) is 27.1. The number of nitrogens with two attached hydrogens (primary N) is 3. The molecule has 0 bridgehead atoms. The van der Waals surface area contributed by atoms with Crippen LogP contribution in [0.25, 0.3) is 10.9 Å². The summed E-state index contributed by atoms with van der Waals surface area (Å²) in [4.78, 5) is 163. The van der Waals surface area contributed by atoms with E-state index in [1.807, 2.05) is 0 Å². The number of hydrogen-bond acceptors (Lipinski definition) is 13. The number of likely N-dealkylation sites (N-methyl/N-ethyl adjacent to an activating group) is 1. The number of fused-ring (bicyclic) bond motifs is 1. The third-order valence-corrected chi connectivity index (χ3v) is 11.8. The first kappa shape index (κ1) is 57.0. The van der Waals surface area contributed by atoms with Crippen LogP contribution in [0.4, 0.5) is 0 Å². The summed E-state index contributed by atoms with van der Waals surface area (Å²) in [6.07, 6.45) is -1.13. The molecule has 26 nitrogen and oxygen atoms in total. The molecular weight excluding hydrogens is 955 g/mol. The SMILES string of the molecule is CC[C@H](C)[C@@H]1NC(=O)[C@H](Cc2ccc(O)cc2)NC(=O)CNC(=O)CC[C@@H](C(=O)N(C)CC(=O)N[C@@H](Cc2c[nH]c3ccccc23)C(=O)NCC(N)=O)NC(=O)[C@H](CC(N)=O)NC(=O)[C@H](CCC(N)=O)NC1=O. The fourth-order valence-electron chi connectivity index (χ4n) is 7.68. The third kappa shape index (κ3) is 18.0. The summed E-state index contributed by atoms with van der Waals surface area (Å²) in [6, 6.07) is 3.64. The Morgan fingerprint density at radius 3 is 2.10 bits per heavy atom. The van der Waals surface area contributed by atoms with E-state index in [4.69, 9.17) is 17.2 Å². The molecule has 4 rings (SSSR count). The maximum Gasteiger partial charge on any atom is 0.245 e. The zero-order valence-corrected chi connectivity index (χ0v) is 40.5. The second-order valence-corrected chi connectivity index (χ2v) is 17.6. The number of phenolic OH excluding ortho intramolecular Hbond substituents is 1. The monoisotopic (exact) mass is 1020 g/mol. The topological polar surface area (TPSA) is 418 Å². The summed E-state index contributed by atoms with van der Waals surface area (Å²) >= 11 is 0. The third-order valence-electron chi connectivity index (χ3n) is 11.8. The zero-order chi connectivity index (χ0) is 53.9. The zero-order valence-electron chi connectivity index (χ0n) is 40.5. The predicted molar refractivity (Wildman–Crippen MR) is 259 cm³/mol. The Hall–Kier alpha value is -8.58.